The Hall–Kier alpha value is -3.51. The number of halogens is 1. The molecule has 200 valence electrons. The molecule has 0 radical (unpaired) electrons. The summed E-state index contributed by atoms with van der Waals surface area (Å²) >= 11 is 6.26. The smallest absolute Gasteiger partial charge is 0.257 e. The minimum atomic E-state index is -0.140. The number of carbonyl (C=O) groups is 1. The van der Waals surface area contributed by atoms with Crippen LogP contribution in [0.5, 0.6) is 11.5 Å². The van der Waals surface area contributed by atoms with Crippen LogP contribution < -0.4 is 14.8 Å². The highest BCUT2D eigenvalue weighted by Crippen LogP contribution is 2.26. The number of fused-ring (bicyclic) bond motifs is 1. The van der Waals surface area contributed by atoms with Gasteiger partial charge in [-0.3, -0.25) is 4.79 Å². The van der Waals surface area contributed by atoms with Crippen LogP contribution >= 0.6 is 11.6 Å². The molecule has 1 aromatic heterocycles. The Kier molecular flexibility index (Phi) is 9.29. The van der Waals surface area contributed by atoms with Crippen molar-refractivity contribution in [2.75, 3.05) is 19.8 Å². The van der Waals surface area contributed by atoms with E-state index in [1.165, 1.54) is 0 Å². The fourth-order valence-corrected chi connectivity index (χ4v) is 4.60. The van der Waals surface area contributed by atoms with E-state index in [1.807, 2.05) is 76.2 Å². The number of nitrogens with zero attached hydrogens (tertiary/aromatic N) is 2. The SMILES string of the molecule is Cc1ccc(C)c(OCC(=O)NCCc2nc3ccccc3n2CCCCOc2cc(C)c(Cl)c(C)c2)c1. The van der Waals surface area contributed by atoms with Gasteiger partial charge in [0.2, 0.25) is 0 Å². The average Bonchev–Trinajstić information content (AvgIpc) is 3.24. The number of hydrogen-bond acceptors (Lipinski definition) is 4. The predicted molar refractivity (Wildman–Crippen MR) is 154 cm³/mol. The summed E-state index contributed by atoms with van der Waals surface area (Å²) in [6.45, 7) is 9.93. The van der Waals surface area contributed by atoms with Gasteiger partial charge in [-0.1, -0.05) is 35.9 Å². The third kappa shape index (κ3) is 7.07. The quantitative estimate of drug-likeness (QED) is 0.210. The standard InChI is InChI=1S/C31H36ClN3O3/c1-21-11-12-22(2)28(17-21)38-20-30(36)33-14-13-29-34-26-9-5-6-10-27(26)35(29)15-7-8-16-37-25-18-23(3)31(32)24(4)19-25/h5-6,9-12,17-19H,7-8,13-16,20H2,1-4H3,(H,33,36). The summed E-state index contributed by atoms with van der Waals surface area (Å²) in [4.78, 5) is 17.2. The van der Waals surface area contributed by atoms with Gasteiger partial charge in [-0.15, -0.1) is 0 Å². The zero-order valence-electron chi connectivity index (χ0n) is 22.6. The largest absolute Gasteiger partial charge is 0.494 e. The summed E-state index contributed by atoms with van der Waals surface area (Å²) in [7, 11) is 0. The number of para-hydroxylation sites is 2. The molecule has 38 heavy (non-hydrogen) atoms. The van der Waals surface area contributed by atoms with Gasteiger partial charge in [0.25, 0.3) is 5.91 Å². The first kappa shape index (κ1) is 27.5. The van der Waals surface area contributed by atoms with Crippen molar-refractivity contribution in [1.29, 1.82) is 0 Å². The number of benzene rings is 3. The summed E-state index contributed by atoms with van der Waals surface area (Å²) in [5, 5.41) is 3.76. The molecule has 3 aromatic carbocycles. The number of aryl methyl sites for hydroxylation is 5. The first-order chi connectivity index (χ1) is 18.3. The van der Waals surface area contributed by atoms with Crippen molar-refractivity contribution in [3.8, 4) is 11.5 Å². The molecule has 0 saturated heterocycles. The van der Waals surface area contributed by atoms with Gasteiger partial charge in [0.1, 0.15) is 17.3 Å². The van der Waals surface area contributed by atoms with Crippen LogP contribution in [0.2, 0.25) is 5.02 Å². The molecule has 0 unspecified atom stereocenters. The molecule has 0 aliphatic rings. The maximum absolute atomic E-state index is 12.4. The maximum Gasteiger partial charge on any atom is 0.257 e. The average molecular weight is 534 g/mol. The Morgan fingerprint density at radius 3 is 2.50 bits per heavy atom. The van der Waals surface area contributed by atoms with Crippen LogP contribution in [0.15, 0.2) is 54.6 Å². The summed E-state index contributed by atoms with van der Waals surface area (Å²) in [6, 6.07) is 18.1. The van der Waals surface area contributed by atoms with E-state index in [0.717, 1.165) is 75.0 Å². The molecule has 1 amide bonds. The van der Waals surface area contributed by atoms with Crippen molar-refractivity contribution in [3.05, 3.63) is 87.7 Å². The predicted octanol–water partition coefficient (Wildman–Crippen LogP) is 6.52. The number of aromatic nitrogens is 2. The highest BCUT2D eigenvalue weighted by molar-refractivity contribution is 6.32. The second-order valence-corrected chi connectivity index (χ2v) is 10.1. The van der Waals surface area contributed by atoms with Gasteiger partial charge in [-0.2, -0.15) is 0 Å². The number of amides is 1. The summed E-state index contributed by atoms with van der Waals surface area (Å²) in [5.74, 6) is 2.42. The first-order valence-corrected chi connectivity index (χ1v) is 13.5. The number of unbranched alkanes of at least 4 members (excludes halogenated alkanes) is 1. The molecule has 4 aromatic rings. The summed E-state index contributed by atoms with van der Waals surface area (Å²) in [6.07, 6.45) is 2.51. The molecule has 0 saturated carbocycles. The highest BCUT2D eigenvalue weighted by atomic mass is 35.5. The van der Waals surface area contributed by atoms with E-state index in [4.69, 9.17) is 26.1 Å². The van der Waals surface area contributed by atoms with Crippen LogP contribution in [-0.4, -0.2) is 35.2 Å². The van der Waals surface area contributed by atoms with Crippen LogP contribution in [0.3, 0.4) is 0 Å². The molecule has 1 heterocycles. The van der Waals surface area contributed by atoms with Crippen molar-refractivity contribution in [2.24, 2.45) is 0 Å². The lowest BCUT2D eigenvalue weighted by molar-refractivity contribution is -0.123. The Morgan fingerprint density at radius 2 is 1.71 bits per heavy atom. The minimum Gasteiger partial charge on any atom is -0.494 e. The fourth-order valence-electron chi connectivity index (χ4n) is 4.49. The second-order valence-electron chi connectivity index (χ2n) is 9.75. The molecular weight excluding hydrogens is 498 g/mol. The molecule has 0 spiro atoms. The second kappa shape index (κ2) is 12.8. The molecule has 4 rings (SSSR count). The van der Waals surface area contributed by atoms with Gasteiger partial charge in [-0.25, -0.2) is 4.98 Å². The van der Waals surface area contributed by atoms with E-state index >= 15 is 0 Å². The topological polar surface area (TPSA) is 65.4 Å². The molecule has 0 aliphatic heterocycles. The Labute approximate surface area is 229 Å². The van der Waals surface area contributed by atoms with Crippen molar-refractivity contribution < 1.29 is 14.3 Å². The van der Waals surface area contributed by atoms with Crippen molar-refractivity contribution in [2.45, 2.75) is 53.5 Å². The number of rotatable bonds is 12. The normalized spacial score (nSPS) is 11.1. The lowest BCUT2D eigenvalue weighted by Crippen LogP contribution is -2.31. The summed E-state index contributed by atoms with van der Waals surface area (Å²) in [5.41, 5.74) is 6.25. The van der Waals surface area contributed by atoms with Crippen molar-refractivity contribution in [1.82, 2.24) is 14.9 Å². The number of ether oxygens (including phenoxy) is 2. The molecule has 0 bridgehead atoms. The molecule has 0 aliphatic carbocycles. The molecule has 1 N–H and O–H groups in total. The van der Waals surface area contributed by atoms with Gasteiger partial charge in [0.05, 0.1) is 17.6 Å². The van der Waals surface area contributed by atoms with E-state index < -0.39 is 0 Å². The van der Waals surface area contributed by atoms with Crippen LogP contribution in [0.25, 0.3) is 11.0 Å². The Morgan fingerprint density at radius 1 is 0.947 bits per heavy atom. The van der Waals surface area contributed by atoms with Crippen molar-refractivity contribution in [3.63, 3.8) is 0 Å². The number of imidazole rings is 1. The maximum atomic E-state index is 12.4. The molecule has 7 heteroatoms. The van der Waals surface area contributed by atoms with E-state index in [2.05, 4.69) is 16.0 Å². The van der Waals surface area contributed by atoms with Crippen LogP contribution in [0, 0.1) is 27.7 Å². The zero-order valence-corrected chi connectivity index (χ0v) is 23.4. The Bertz CT molecular complexity index is 1390. The number of nitrogens with one attached hydrogen (secondary N) is 1. The van der Waals surface area contributed by atoms with E-state index in [1.54, 1.807) is 0 Å². The number of carbonyl (C=O) groups excluding carboxylic acids is 1. The highest BCUT2D eigenvalue weighted by Gasteiger charge is 2.12. The fraction of sp³-hybridized carbons (Fsp3) is 0.355. The van der Waals surface area contributed by atoms with Crippen LogP contribution in [0.1, 0.15) is 40.9 Å². The van der Waals surface area contributed by atoms with Crippen LogP contribution in [-0.2, 0) is 17.8 Å². The number of hydrogen-bond donors (Lipinski definition) is 1. The minimum absolute atomic E-state index is 0.00657. The zero-order chi connectivity index (χ0) is 27.1. The summed E-state index contributed by atoms with van der Waals surface area (Å²) < 4.78 is 14.0. The lowest BCUT2D eigenvalue weighted by Gasteiger charge is -2.12. The molecule has 0 atom stereocenters. The Balaban J connectivity index is 1.28. The van der Waals surface area contributed by atoms with Gasteiger partial charge in [-0.05, 0) is 93.1 Å². The third-order valence-corrected chi connectivity index (χ3v) is 7.16. The third-order valence-electron chi connectivity index (χ3n) is 6.56. The molecule has 0 fully saturated rings. The van der Waals surface area contributed by atoms with E-state index in [-0.39, 0.29) is 12.5 Å². The lowest BCUT2D eigenvalue weighted by atomic mass is 10.1. The van der Waals surface area contributed by atoms with Gasteiger partial charge in [0.15, 0.2) is 6.61 Å². The van der Waals surface area contributed by atoms with Gasteiger partial charge >= 0.3 is 0 Å². The van der Waals surface area contributed by atoms with Gasteiger partial charge in [0, 0.05) is 24.5 Å². The molecular formula is C31H36ClN3O3. The van der Waals surface area contributed by atoms with Crippen LogP contribution in [0.4, 0.5) is 0 Å². The van der Waals surface area contributed by atoms with E-state index in [9.17, 15) is 4.79 Å². The van der Waals surface area contributed by atoms with Crippen molar-refractivity contribution >= 4 is 28.5 Å². The first-order valence-electron chi connectivity index (χ1n) is 13.1. The van der Waals surface area contributed by atoms with Gasteiger partial charge < -0.3 is 19.4 Å². The molecule has 6 nitrogen and oxygen atoms in total. The van der Waals surface area contributed by atoms with E-state index in [0.29, 0.717) is 19.6 Å². The monoisotopic (exact) mass is 533 g/mol.